The zero-order chi connectivity index (χ0) is 19.8. The number of nitrogens with zero attached hydrogens (tertiary/aromatic N) is 1. The van der Waals surface area contributed by atoms with Crippen molar-refractivity contribution in [1.29, 1.82) is 0 Å². The zero-order valence-corrected chi connectivity index (χ0v) is 17.2. The quantitative estimate of drug-likeness (QED) is 0.728. The van der Waals surface area contributed by atoms with Gasteiger partial charge in [0.15, 0.2) is 0 Å². The normalized spacial score (nSPS) is 16.9. The van der Waals surface area contributed by atoms with Crippen molar-refractivity contribution >= 4 is 16.8 Å². The lowest BCUT2D eigenvalue weighted by atomic mass is 9.94. The van der Waals surface area contributed by atoms with Crippen molar-refractivity contribution in [1.82, 2.24) is 15.2 Å². The number of hydrogen-bond acceptors (Lipinski definition) is 2. The van der Waals surface area contributed by atoms with Gasteiger partial charge in [-0.05, 0) is 62.1 Å². The number of aromatic amines is 1. The van der Waals surface area contributed by atoms with Gasteiger partial charge >= 0.3 is 0 Å². The Morgan fingerprint density at radius 3 is 2.61 bits per heavy atom. The van der Waals surface area contributed by atoms with Crippen molar-refractivity contribution in [2.75, 3.05) is 13.6 Å². The number of carbonyl (C=O) groups is 1. The van der Waals surface area contributed by atoms with Gasteiger partial charge in [-0.25, -0.2) is 0 Å². The Balaban J connectivity index is 1.45. The molecule has 1 aromatic heterocycles. The highest BCUT2D eigenvalue weighted by molar-refractivity contribution is 5.93. The minimum Gasteiger partial charge on any atom is -0.358 e. The smallest absolute Gasteiger partial charge is 0.224 e. The van der Waals surface area contributed by atoms with Crippen LogP contribution in [0.4, 0.5) is 0 Å². The molecule has 0 bridgehead atoms. The van der Waals surface area contributed by atoms with Crippen molar-refractivity contribution in [2.24, 2.45) is 0 Å². The Labute approximate surface area is 166 Å². The molecule has 0 spiro atoms. The van der Waals surface area contributed by atoms with Gasteiger partial charge in [-0.2, -0.15) is 0 Å². The fourth-order valence-corrected chi connectivity index (χ4v) is 4.43. The first-order valence-corrected chi connectivity index (χ1v) is 10.0. The first kappa shape index (κ1) is 18.8. The average molecular weight is 376 g/mol. The number of hydrogen-bond donors (Lipinski definition) is 2. The molecule has 1 amide bonds. The molecule has 0 saturated heterocycles. The minimum atomic E-state index is 0.0946. The molecule has 2 aromatic carbocycles. The predicted octanol–water partition coefficient (Wildman–Crippen LogP) is 3.81. The Kier molecular flexibility index (Phi) is 4.98. The number of fused-ring (bicyclic) bond motifs is 2. The van der Waals surface area contributed by atoms with E-state index >= 15 is 0 Å². The van der Waals surface area contributed by atoms with Gasteiger partial charge in [-0.3, -0.25) is 9.69 Å². The van der Waals surface area contributed by atoms with Gasteiger partial charge in [0.05, 0.1) is 6.42 Å². The standard InChI is InChI=1S/C24H29N3O/c1-15-9-10-16(2)24-23(15)21(17(3)26-24)12-22(28)25-13-20-11-18-7-5-6-8-19(18)14-27(20)4/h5-10,20,26H,11-14H2,1-4H3,(H,25,28)/t20-/m0/s1. The van der Waals surface area contributed by atoms with Crippen molar-refractivity contribution in [3.05, 3.63) is 69.9 Å². The third kappa shape index (κ3) is 3.45. The Hall–Kier alpha value is -2.59. The van der Waals surface area contributed by atoms with Crippen LogP contribution >= 0.6 is 0 Å². The predicted molar refractivity (Wildman–Crippen MR) is 115 cm³/mol. The number of nitrogens with one attached hydrogen (secondary N) is 2. The fraction of sp³-hybridized carbons (Fsp3) is 0.375. The Morgan fingerprint density at radius 2 is 1.82 bits per heavy atom. The second-order valence-corrected chi connectivity index (χ2v) is 8.20. The Bertz CT molecular complexity index is 1030. The molecule has 0 aliphatic carbocycles. The number of aromatic nitrogens is 1. The van der Waals surface area contributed by atoms with E-state index in [1.54, 1.807) is 0 Å². The van der Waals surface area contributed by atoms with Crippen LogP contribution in [-0.4, -0.2) is 35.4 Å². The summed E-state index contributed by atoms with van der Waals surface area (Å²) in [6.07, 6.45) is 1.40. The fourth-order valence-electron chi connectivity index (χ4n) is 4.43. The molecule has 146 valence electrons. The van der Waals surface area contributed by atoms with Crippen molar-refractivity contribution in [3.63, 3.8) is 0 Å². The van der Waals surface area contributed by atoms with Gasteiger partial charge in [0.2, 0.25) is 5.91 Å². The van der Waals surface area contributed by atoms with Gasteiger partial charge in [0.1, 0.15) is 0 Å². The number of aryl methyl sites for hydroxylation is 3. The second kappa shape index (κ2) is 7.44. The molecule has 3 aromatic rings. The number of benzene rings is 2. The third-order valence-electron chi connectivity index (χ3n) is 6.18. The second-order valence-electron chi connectivity index (χ2n) is 8.20. The molecule has 1 aliphatic heterocycles. The first-order valence-electron chi connectivity index (χ1n) is 10.0. The van der Waals surface area contributed by atoms with Crippen LogP contribution in [0.5, 0.6) is 0 Å². The molecular weight excluding hydrogens is 346 g/mol. The summed E-state index contributed by atoms with van der Waals surface area (Å²) in [5.74, 6) is 0.0946. The van der Waals surface area contributed by atoms with Gasteiger partial charge in [0, 0.05) is 35.7 Å². The van der Waals surface area contributed by atoms with Crippen LogP contribution in [0, 0.1) is 20.8 Å². The molecule has 4 nitrogen and oxygen atoms in total. The van der Waals surface area contributed by atoms with Gasteiger partial charge in [-0.1, -0.05) is 36.4 Å². The van der Waals surface area contributed by atoms with E-state index in [-0.39, 0.29) is 5.91 Å². The van der Waals surface area contributed by atoms with Crippen LogP contribution < -0.4 is 5.32 Å². The molecule has 0 fully saturated rings. The first-order chi connectivity index (χ1) is 13.4. The molecule has 0 unspecified atom stereocenters. The average Bonchev–Trinajstić information content (AvgIpc) is 3.00. The summed E-state index contributed by atoms with van der Waals surface area (Å²) in [6.45, 7) is 7.91. The highest BCUT2D eigenvalue weighted by Gasteiger charge is 2.23. The lowest BCUT2D eigenvalue weighted by Gasteiger charge is -2.34. The SMILES string of the molecule is Cc1[nH]c2c(C)ccc(C)c2c1CC(=O)NC[C@@H]1Cc2ccccc2CN1C. The molecule has 2 heterocycles. The molecule has 1 atom stereocenters. The summed E-state index contributed by atoms with van der Waals surface area (Å²) in [5.41, 5.74) is 8.60. The van der Waals surface area contributed by atoms with Gasteiger partial charge in [-0.15, -0.1) is 0 Å². The molecule has 2 N–H and O–H groups in total. The topological polar surface area (TPSA) is 48.1 Å². The lowest BCUT2D eigenvalue weighted by molar-refractivity contribution is -0.120. The number of likely N-dealkylation sites (N-methyl/N-ethyl adjacent to an activating group) is 1. The van der Waals surface area contributed by atoms with Crippen LogP contribution in [0.1, 0.15) is 33.5 Å². The zero-order valence-electron chi connectivity index (χ0n) is 17.2. The highest BCUT2D eigenvalue weighted by Crippen LogP contribution is 2.28. The van der Waals surface area contributed by atoms with Crippen LogP contribution in [0.15, 0.2) is 36.4 Å². The van der Waals surface area contributed by atoms with Crippen LogP contribution in [0.25, 0.3) is 10.9 Å². The van der Waals surface area contributed by atoms with E-state index in [0.29, 0.717) is 19.0 Å². The molecule has 0 saturated carbocycles. The van der Waals surface area contributed by atoms with Crippen molar-refractivity contribution in [3.8, 4) is 0 Å². The maximum atomic E-state index is 12.8. The van der Waals surface area contributed by atoms with E-state index in [4.69, 9.17) is 0 Å². The van der Waals surface area contributed by atoms with Crippen LogP contribution in [0.2, 0.25) is 0 Å². The monoisotopic (exact) mass is 375 g/mol. The van der Waals surface area contributed by atoms with E-state index in [1.165, 1.54) is 27.6 Å². The molecular formula is C24H29N3O. The van der Waals surface area contributed by atoms with Crippen molar-refractivity contribution in [2.45, 2.75) is 46.2 Å². The Morgan fingerprint density at radius 1 is 1.11 bits per heavy atom. The third-order valence-corrected chi connectivity index (χ3v) is 6.18. The summed E-state index contributed by atoms with van der Waals surface area (Å²) >= 11 is 0. The molecule has 4 heteroatoms. The molecule has 28 heavy (non-hydrogen) atoms. The summed E-state index contributed by atoms with van der Waals surface area (Å²) in [4.78, 5) is 18.6. The lowest BCUT2D eigenvalue weighted by Crippen LogP contribution is -2.45. The molecule has 0 radical (unpaired) electrons. The summed E-state index contributed by atoms with van der Waals surface area (Å²) in [7, 11) is 2.14. The molecule has 1 aliphatic rings. The largest absolute Gasteiger partial charge is 0.358 e. The van der Waals surface area contributed by atoms with E-state index in [1.807, 2.05) is 0 Å². The summed E-state index contributed by atoms with van der Waals surface area (Å²) in [6, 6.07) is 13.2. The van der Waals surface area contributed by atoms with E-state index < -0.39 is 0 Å². The minimum absolute atomic E-state index is 0.0946. The highest BCUT2D eigenvalue weighted by atomic mass is 16.1. The maximum Gasteiger partial charge on any atom is 0.224 e. The maximum absolute atomic E-state index is 12.8. The van der Waals surface area contributed by atoms with Crippen molar-refractivity contribution < 1.29 is 4.79 Å². The van der Waals surface area contributed by atoms with Crippen LogP contribution in [-0.2, 0) is 24.2 Å². The van der Waals surface area contributed by atoms with E-state index in [9.17, 15) is 4.79 Å². The number of carbonyl (C=O) groups excluding carboxylic acids is 1. The van der Waals surface area contributed by atoms with Gasteiger partial charge < -0.3 is 10.3 Å². The molecule has 4 rings (SSSR count). The number of amides is 1. The summed E-state index contributed by atoms with van der Waals surface area (Å²) < 4.78 is 0. The van der Waals surface area contributed by atoms with E-state index in [2.05, 4.69) is 79.4 Å². The number of rotatable bonds is 4. The van der Waals surface area contributed by atoms with Crippen LogP contribution in [0.3, 0.4) is 0 Å². The van der Waals surface area contributed by atoms with Gasteiger partial charge in [0.25, 0.3) is 0 Å². The van der Waals surface area contributed by atoms with E-state index in [0.717, 1.165) is 29.7 Å². The summed E-state index contributed by atoms with van der Waals surface area (Å²) in [5, 5.41) is 4.39. The number of H-pyrrole nitrogens is 1.